The summed E-state index contributed by atoms with van der Waals surface area (Å²) in [6.07, 6.45) is 2.63. The van der Waals surface area contributed by atoms with E-state index in [1.807, 2.05) is 18.2 Å². The maximum atomic E-state index is 13.5. The highest BCUT2D eigenvalue weighted by atomic mass is 32.2. The van der Waals surface area contributed by atoms with Crippen LogP contribution < -0.4 is 14.2 Å². The van der Waals surface area contributed by atoms with Crippen molar-refractivity contribution in [2.75, 3.05) is 45.7 Å². The Kier molecular flexibility index (Phi) is 9.57. The van der Waals surface area contributed by atoms with Gasteiger partial charge in [0.15, 0.2) is 5.03 Å². The van der Waals surface area contributed by atoms with Gasteiger partial charge in [0.2, 0.25) is 0 Å². The van der Waals surface area contributed by atoms with Crippen molar-refractivity contribution in [1.82, 2.24) is 19.4 Å². The van der Waals surface area contributed by atoms with Gasteiger partial charge in [0, 0.05) is 59.1 Å². The highest BCUT2D eigenvalue weighted by molar-refractivity contribution is 7.92. The number of carbonyl (C=O) groups is 1. The van der Waals surface area contributed by atoms with Gasteiger partial charge in [-0.15, -0.1) is 0 Å². The average Bonchev–Trinajstić information content (AvgIpc) is 3.40. The molecule has 12 heteroatoms. The summed E-state index contributed by atoms with van der Waals surface area (Å²) in [4.78, 5) is 21.4. The lowest BCUT2D eigenvalue weighted by molar-refractivity contribution is 0.00921. The number of carbonyl (C=O) groups excluding carboxylic acids is 1. The number of aryl methyl sites for hydroxylation is 1. The molecule has 3 atom stereocenters. The van der Waals surface area contributed by atoms with Crippen LogP contribution in [-0.4, -0.2) is 86.8 Å². The minimum atomic E-state index is -3.93. The van der Waals surface area contributed by atoms with Gasteiger partial charge in [-0.25, -0.2) is 4.98 Å². The molecule has 0 fully saturated rings. The van der Waals surface area contributed by atoms with Gasteiger partial charge in [0.05, 0.1) is 30.8 Å². The van der Waals surface area contributed by atoms with Crippen molar-refractivity contribution in [2.24, 2.45) is 13.0 Å². The van der Waals surface area contributed by atoms with Crippen LogP contribution in [0.25, 0.3) is 0 Å². The largest absolute Gasteiger partial charge is 0.497 e. The normalized spacial score (nSPS) is 20.9. The molecule has 0 radical (unpaired) electrons. The van der Waals surface area contributed by atoms with E-state index in [4.69, 9.17) is 14.2 Å². The number of imidazole rings is 1. The molecule has 0 spiro atoms. The molecule has 0 unspecified atom stereocenters. The number of aromatic nitrogens is 2. The first-order valence-electron chi connectivity index (χ1n) is 13.4. The lowest BCUT2D eigenvalue weighted by Crippen LogP contribution is -2.46. The number of rotatable bonds is 7. The predicted octanol–water partition coefficient (Wildman–Crippen LogP) is 3.24. The number of nitrogens with zero attached hydrogens (tertiary/aromatic N) is 4. The second-order valence-electron chi connectivity index (χ2n) is 10.6. The number of amides is 1. The van der Waals surface area contributed by atoms with Crippen LogP contribution in [0.1, 0.15) is 29.8 Å². The molecule has 1 aromatic heterocycles. The number of nitrogens with one attached hydrogen (secondary N) is 1. The van der Waals surface area contributed by atoms with Crippen LogP contribution >= 0.6 is 0 Å². The van der Waals surface area contributed by atoms with Crippen LogP contribution in [0.4, 0.5) is 5.69 Å². The number of fused-ring (bicyclic) bond motifs is 1. The van der Waals surface area contributed by atoms with Crippen LogP contribution in [0.3, 0.4) is 0 Å². The predicted molar refractivity (Wildman–Crippen MR) is 156 cm³/mol. The fourth-order valence-electron chi connectivity index (χ4n) is 4.87. The number of likely N-dealkylation sites (N-methyl/N-ethyl adjacent to an activating group) is 1. The summed E-state index contributed by atoms with van der Waals surface area (Å²) in [5.74, 6) is 0.956. The first-order valence-corrected chi connectivity index (χ1v) is 14.9. The molecular formula is C29H39N5O6S. The fraction of sp³-hybridized carbons (Fsp3) is 0.448. The van der Waals surface area contributed by atoms with E-state index in [2.05, 4.69) is 34.5 Å². The van der Waals surface area contributed by atoms with Gasteiger partial charge in [0.1, 0.15) is 18.1 Å². The molecule has 2 heterocycles. The molecule has 41 heavy (non-hydrogen) atoms. The van der Waals surface area contributed by atoms with E-state index in [-0.39, 0.29) is 41.3 Å². The third kappa shape index (κ3) is 7.38. The summed E-state index contributed by atoms with van der Waals surface area (Å²) in [5, 5.41) is -0.106. The summed E-state index contributed by atoms with van der Waals surface area (Å²) in [6, 6.07) is 12.6. The second-order valence-corrected chi connectivity index (χ2v) is 12.2. The topological polar surface area (TPSA) is 115 Å². The molecule has 3 aromatic rings. The van der Waals surface area contributed by atoms with Gasteiger partial charge in [-0.2, -0.15) is 8.42 Å². The van der Waals surface area contributed by atoms with Gasteiger partial charge < -0.3 is 23.7 Å². The van der Waals surface area contributed by atoms with Gasteiger partial charge in [0.25, 0.3) is 15.9 Å². The van der Waals surface area contributed by atoms with E-state index in [0.29, 0.717) is 30.9 Å². The standard InChI is InChI=1S/C29H39N5O6S/c1-20-14-34(15-22-8-7-9-24(12-22)38-5)21(2)18-40-26-13-23(31-41(36,37)28-17-32(3)19-30-28)10-11-25(26)29(35)33(4)16-27(20)39-6/h7-13,17,19-21,27,31H,14-16,18H2,1-6H3/t20-,21-,27-/m1/s1. The van der Waals surface area contributed by atoms with Crippen LogP contribution in [0, 0.1) is 5.92 Å². The van der Waals surface area contributed by atoms with Crippen molar-refractivity contribution in [3.8, 4) is 11.5 Å². The summed E-state index contributed by atoms with van der Waals surface area (Å²) >= 11 is 0. The number of sulfonamides is 1. The van der Waals surface area contributed by atoms with Crippen LogP contribution in [0.2, 0.25) is 0 Å². The number of hydrogen-bond donors (Lipinski definition) is 1. The molecule has 0 saturated heterocycles. The molecule has 1 aliphatic rings. The van der Waals surface area contributed by atoms with Crippen molar-refractivity contribution < 1.29 is 27.4 Å². The lowest BCUT2D eigenvalue weighted by atomic mass is 10.0. The Morgan fingerprint density at radius 1 is 1.10 bits per heavy atom. The summed E-state index contributed by atoms with van der Waals surface area (Å²) in [5.41, 5.74) is 1.70. The number of methoxy groups -OCH3 is 2. The number of hydrogen-bond acceptors (Lipinski definition) is 8. The third-order valence-electron chi connectivity index (χ3n) is 7.30. The molecule has 1 amide bonds. The number of anilines is 1. The zero-order chi connectivity index (χ0) is 29.7. The molecule has 0 saturated carbocycles. The van der Waals surface area contributed by atoms with E-state index in [0.717, 1.165) is 11.3 Å². The molecule has 0 bridgehead atoms. The Bertz CT molecular complexity index is 1460. The van der Waals surface area contributed by atoms with Crippen molar-refractivity contribution in [3.63, 3.8) is 0 Å². The first-order chi connectivity index (χ1) is 19.5. The summed E-state index contributed by atoms with van der Waals surface area (Å²) in [6.45, 7) is 6.22. The highest BCUT2D eigenvalue weighted by Gasteiger charge is 2.29. The Morgan fingerprint density at radius 2 is 1.88 bits per heavy atom. The van der Waals surface area contributed by atoms with E-state index in [9.17, 15) is 13.2 Å². The molecular weight excluding hydrogens is 546 g/mol. The highest BCUT2D eigenvalue weighted by Crippen LogP contribution is 2.28. The van der Waals surface area contributed by atoms with Crippen LogP contribution in [-0.2, 0) is 28.4 Å². The van der Waals surface area contributed by atoms with Gasteiger partial charge >= 0.3 is 0 Å². The Balaban J connectivity index is 1.66. The fourth-order valence-corrected chi connectivity index (χ4v) is 5.90. The van der Waals surface area contributed by atoms with Crippen LogP contribution in [0.15, 0.2) is 60.0 Å². The van der Waals surface area contributed by atoms with Crippen molar-refractivity contribution in [1.29, 1.82) is 0 Å². The Hall–Kier alpha value is -3.61. The van der Waals surface area contributed by atoms with Crippen LogP contribution in [0.5, 0.6) is 11.5 Å². The Morgan fingerprint density at radius 3 is 2.56 bits per heavy atom. The minimum absolute atomic E-state index is 0.0462. The maximum absolute atomic E-state index is 13.5. The first kappa shape index (κ1) is 30.4. The molecule has 222 valence electrons. The zero-order valence-corrected chi connectivity index (χ0v) is 25.2. The number of ether oxygens (including phenoxy) is 3. The zero-order valence-electron chi connectivity index (χ0n) is 24.4. The minimum Gasteiger partial charge on any atom is -0.497 e. The van der Waals surface area contributed by atoms with E-state index >= 15 is 0 Å². The molecule has 1 N–H and O–H groups in total. The van der Waals surface area contributed by atoms with Crippen molar-refractivity contribution in [3.05, 3.63) is 66.1 Å². The van der Waals surface area contributed by atoms with E-state index in [1.165, 1.54) is 12.5 Å². The average molecular weight is 586 g/mol. The lowest BCUT2D eigenvalue weighted by Gasteiger charge is -2.36. The van der Waals surface area contributed by atoms with Gasteiger partial charge in [-0.05, 0) is 42.7 Å². The molecule has 11 nitrogen and oxygen atoms in total. The third-order valence-corrected chi connectivity index (χ3v) is 8.57. The van der Waals surface area contributed by atoms with Gasteiger partial charge in [-0.1, -0.05) is 19.1 Å². The maximum Gasteiger partial charge on any atom is 0.280 e. The molecule has 2 aromatic carbocycles. The molecule has 0 aliphatic carbocycles. The van der Waals surface area contributed by atoms with E-state index < -0.39 is 10.0 Å². The summed E-state index contributed by atoms with van der Waals surface area (Å²) < 4.78 is 47.4. The monoisotopic (exact) mass is 585 g/mol. The molecule has 4 rings (SSSR count). The Labute approximate surface area is 242 Å². The quantitative estimate of drug-likeness (QED) is 0.450. The van der Waals surface area contributed by atoms with E-state index in [1.54, 1.807) is 56.0 Å². The SMILES string of the molecule is COc1cccc(CN2C[C@@H](C)[C@H](OC)CN(C)C(=O)c3ccc(NS(=O)(=O)c4cn(C)cn4)cc3OC[C@H]2C)c1. The smallest absolute Gasteiger partial charge is 0.280 e. The second kappa shape index (κ2) is 12.9. The summed E-state index contributed by atoms with van der Waals surface area (Å²) in [7, 11) is 2.81. The van der Waals surface area contributed by atoms with Crippen molar-refractivity contribution in [2.45, 2.75) is 37.6 Å². The van der Waals surface area contributed by atoms with Gasteiger partial charge in [-0.3, -0.25) is 14.4 Å². The van der Waals surface area contributed by atoms with Crippen molar-refractivity contribution >= 4 is 21.6 Å². The molecule has 1 aliphatic heterocycles. The number of benzene rings is 2.